The van der Waals surface area contributed by atoms with Crippen LogP contribution >= 0.6 is 0 Å². The quantitative estimate of drug-likeness (QED) is 0.569. The Labute approximate surface area is 153 Å². The van der Waals surface area contributed by atoms with Gasteiger partial charge in [-0.1, -0.05) is 0 Å². The van der Waals surface area contributed by atoms with Crippen molar-refractivity contribution in [1.82, 2.24) is 10.2 Å². The zero-order chi connectivity index (χ0) is 18.7. The van der Waals surface area contributed by atoms with Crippen LogP contribution in [0, 0.1) is 10.1 Å². The molecule has 1 aliphatic heterocycles. The van der Waals surface area contributed by atoms with Gasteiger partial charge in [0.15, 0.2) is 0 Å². The van der Waals surface area contributed by atoms with E-state index >= 15 is 0 Å². The van der Waals surface area contributed by atoms with E-state index in [1.807, 2.05) is 14.1 Å². The lowest BCUT2D eigenvalue weighted by molar-refractivity contribution is -0.384. The molecule has 1 aliphatic carbocycles. The summed E-state index contributed by atoms with van der Waals surface area (Å²) in [7, 11) is 4.04. The molecule has 3 rings (SSSR count). The number of nitro groups is 1. The number of amides is 1. The summed E-state index contributed by atoms with van der Waals surface area (Å²) < 4.78 is 5.46. The summed E-state index contributed by atoms with van der Waals surface area (Å²) in [4.78, 5) is 25.4. The standard InChI is InChI=1S/C18H26N4O4/c1-21(2)18(7-9-26-10-8-18)12-19-15-6-3-13(11-16(15)22(24)25)17(23)20-14-4-5-14/h3,6,11,14,19H,4-5,7-10,12H2,1-2H3,(H,20,23). The third kappa shape index (κ3) is 4.13. The van der Waals surface area contributed by atoms with Crippen LogP contribution in [-0.4, -0.2) is 61.2 Å². The highest BCUT2D eigenvalue weighted by Crippen LogP contribution is 2.30. The maximum Gasteiger partial charge on any atom is 0.293 e. The molecule has 0 bridgehead atoms. The molecule has 1 heterocycles. The Hall–Kier alpha value is -2.19. The van der Waals surface area contributed by atoms with Crippen LogP contribution in [0.3, 0.4) is 0 Å². The summed E-state index contributed by atoms with van der Waals surface area (Å²) in [6.07, 6.45) is 3.68. The van der Waals surface area contributed by atoms with Crippen LogP contribution < -0.4 is 10.6 Å². The first-order chi connectivity index (χ1) is 12.4. The average molecular weight is 362 g/mol. The van der Waals surface area contributed by atoms with Crippen molar-refractivity contribution in [2.45, 2.75) is 37.3 Å². The number of rotatable bonds is 7. The maximum atomic E-state index is 12.2. The molecule has 8 heteroatoms. The van der Waals surface area contributed by atoms with Crippen LogP contribution in [0.25, 0.3) is 0 Å². The van der Waals surface area contributed by atoms with Crippen LogP contribution in [0.2, 0.25) is 0 Å². The molecule has 0 aromatic heterocycles. The fourth-order valence-electron chi connectivity index (χ4n) is 3.26. The molecule has 142 valence electrons. The zero-order valence-corrected chi connectivity index (χ0v) is 15.3. The smallest absolute Gasteiger partial charge is 0.293 e. The molecule has 1 aromatic carbocycles. The van der Waals surface area contributed by atoms with Crippen molar-refractivity contribution in [2.24, 2.45) is 0 Å². The van der Waals surface area contributed by atoms with Crippen molar-refractivity contribution >= 4 is 17.3 Å². The fraction of sp³-hybridized carbons (Fsp3) is 0.611. The zero-order valence-electron chi connectivity index (χ0n) is 15.3. The van der Waals surface area contributed by atoms with E-state index in [1.54, 1.807) is 12.1 Å². The van der Waals surface area contributed by atoms with Gasteiger partial charge in [-0.3, -0.25) is 14.9 Å². The number of nitrogens with one attached hydrogen (secondary N) is 2. The summed E-state index contributed by atoms with van der Waals surface area (Å²) >= 11 is 0. The van der Waals surface area contributed by atoms with Crippen LogP contribution in [0.5, 0.6) is 0 Å². The van der Waals surface area contributed by atoms with E-state index in [1.165, 1.54) is 6.07 Å². The molecule has 0 radical (unpaired) electrons. The monoisotopic (exact) mass is 362 g/mol. The van der Waals surface area contributed by atoms with E-state index in [4.69, 9.17) is 4.74 Å². The van der Waals surface area contributed by atoms with Crippen molar-refractivity contribution in [1.29, 1.82) is 0 Å². The van der Waals surface area contributed by atoms with Crippen molar-refractivity contribution in [3.8, 4) is 0 Å². The van der Waals surface area contributed by atoms with Gasteiger partial charge in [-0.15, -0.1) is 0 Å². The molecule has 2 fully saturated rings. The van der Waals surface area contributed by atoms with Gasteiger partial charge in [0.05, 0.1) is 4.92 Å². The SMILES string of the molecule is CN(C)C1(CNc2ccc(C(=O)NC3CC3)cc2[N+](=O)[O-])CCOCC1. The third-order valence-corrected chi connectivity index (χ3v) is 5.35. The predicted molar refractivity (Wildman–Crippen MR) is 98.5 cm³/mol. The Morgan fingerprint density at radius 1 is 1.35 bits per heavy atom. The first-order valence-electron chi connectivity index (χ1n) is 9.00. The lowest BCUT2D eigenvalue weighted by Gasteiger charge is -2.43. The van der Waals surface area contributed by atoms with E-state index < -0.39 is 4.92 Å². The molecule has 1 aromatic rings. The normalized spacial score (nSPS) is 19.2. The Balaban J connectivity index is 1.75. The van der Waals surface area contributed by atoms with Gasteiger partial charge >= 0.3 is 0 Å². The molecular weight excluding hydrogens is 336 g/mol. The van der Waals surface area contributed by atoms with Gasteiger partial charge < -0.3 is 20.3 Å². The average Bonchev–Trinajstić information content (AvgIpc) is 3.44. The van der Waals surface area contributed by atoms with Crippen molar-refractivity contribution in [3.63, 3.8) is 0 Å². The van der Waals surface area contributed by atoms with Crippen LogP contribution in [0.15, 0.2) is 18.2 Å². The number of carbonyl (C=O) groups is 1. The van der Waals surface area contributed by atoms with Gasteiger partial charge in [-0.25, -0.2) is 0 Å². The van der Waals surface area contributed by atoms with Crippen molar-refractivity contribution in [3.05, 3.63) is 33.9 Å². The summed E-state index contributed by atoms with van der Waals surface area (Å²) in [6, 6.07) is 4.83. The molecule has 2 aliphatic rings. The van der Waals surface area contributed by atoms with Crippen LogP contribution in [0.1, 0.15) is 36.0 Å². The largest absolute Gasteiger partial charge is 0.381 e. The van der Waals surface area contributed by atoms with Crippen molar-refractivity contribution < 1.29 is 14.5 Å². The second-order valence-electron chi connectivity index (χ2n) is 7.32. The predicted octanol–water partition coefficient (Wildman–Crippen LogP) is 2.01. The van der Waals surface area contributed by atoms with Gasteiger partial charge in [0.25, 0.3) is 11.6 Å². The van der Waals surface area contributed by atoms with Gasteiger partial charge in [0, 0.05) is 43.0 Å². The lowest BCUT2D eigenvalue weighted by Crippen LogP contribution is -2.53. The number of carbonyl (C=O) groups excluding carboxylic acids is 1. The minimum atomic E-state index is -0.442. The van der Waals surface area contributed by atoms with E-state index in [2.05, 4.69) is 15.5 Å². The number of hydrogen-bond donors (Lipinski definition) is 2. The second kappa shape index (κ2) is 7.59. The number of likely N-dealkylation sites (N-methyl/N-ethyl adjacent to an activating group) is 1. The Morgan fingerprint density at radius 2 is 2.04 bits per heavy atom. The fourth-order valence-corrected chi connectivity index (χ4v) is 3.26. The molecule has 1 amide bonds. The molecule has 0 atom stereocenters. The first kappa shape index (κ1) is 18.6. The number of ether oxygens (including phenoxy) is 1. The summed E-state index contributed by atoms with van der Waals surface area (Å²) in [5.74, 6) is -0.253. The summed E-state index contributed by atoms with van der Waals surface area (Å²) in [5.41, 5.74) is 0.580. The van der Waals surface area contributed by atoms with E-state index in [9.17, 15) is 14.9 Å². The highest BCUT2D eigenvalue weighted by Gasteiger charge is 2.35. The molecule has 2 N–H and O–H groups in total. The van der Waals surface area contributed by atoms with E-state index in [0.717, 1.165) is 25.7 Å². The molecular formula is C18H26N4O4. The molecule has 26 heavy (non-hydrogen) atoms. The first-order valence-corrected chi connectivity index (χ1v) is 9.00. The Bertz CT molecular complexity index is 682. The minimum Gasteiger partial charge on any atom is -0.381 e. The summed E-state index contributed by atoms with van der Waals surface area (Å²) in [5, 5.41) is 17.6. The van der Waals surface area contributed by atoms with Crippen LogP contribution in [-0.2, 0) is 4.74 Å². The number of benzene rings is 1. The third-order valence-electron chi connectivity index (χ3n) is 5.35. The Morgan fingerprint density at radius 3 is 2.62 bits per heavy atom. The number of anilines is 1. The summed E-state index contributed by atoms with van der Waals surface area (Å²) in [6.45, 7) is 1.95. The maximum absolute atomic E-state index is 12.2. The molecule has 0 spiro atoms. The number of nitro benzene ring substituents is 1. The highest BCUT2D eigenvalue weighted by molar-refractivity contribution is 5.96. The van der Waals surface area contributed by atoms with Gasteiger partial charge in [-0.2, -0.15) is 0 Å². The van der Waals surface area contributed by atoms with E-state index in [0.29, 0.717) is 31.0 Å². The molecule has 8 nitrogen and oxygen atoms in total. The highest BCUT2D eigenvalue weighted by atomic mass is 16.6. The van der Waals surface area contributed by atoms with Crippen LogP contribution in [0.4, 0.5) is 11.4 Å². The van der Waals surface area contributed by atoms with Gasteiger partial charge in [-0.05, 0) is 51.9 Å². The van der Waals surface area contributed by atoms with E-state index in [-0.39, 0.29) is 23.2 Å². The number of hydrogen-bond acceptors (Lipinski definition) is 6. The van der Waals surface area contributed by atoms with Crippen molar-refractivity contribution in [2.75, 3.05) is 39.2 Å². The van der Waals surface area contributed by atoms with Gasteiger partial charge in [0.1, 0.15) is 5.69 Å². The molecule has 1 saturated heterocycles. The lowest BCUT2D eigenvalue weighted by atomic mass is 9.88. The number of nitrogens with zero attached hydrogens (tertiary/aromatic N) is 2. The van der Waals surface area contributed by atoms with Gasteiger partial charge in [0.2, 0.25) is 0 Å². The minimum absolute atomic E-state index is 0.0746. The molecule has 1 saturated carbocycles. The Kier molecular flexibility index (Phi) is 5.43. The topological polar surface area (TPSA) is 96.7 Å². The second-order valence-corrected chi connectivity index (χ2v) is 7.32. The molecule has 0 unspecified atom stereocenters.